The van der Waals surface area contributed by atoms with Gasteiger partial charge in [-0.1, -0.05) is 11.2 Å². The summed E-state index contributed by atoms with van der Waals surface area (Å²) in [6.07, 6.45) is 0. The Kier molecular flexibility index (Phi) is 3.04. The number of carbonyl (C=O) groups excluding carboxylic acids is 2. The van der Waals surface area contributed by atoms with E-state index in [0.717, 1.165) is 4.88 Å². The van der Waals surface area contributed by atoms with Gasteiger partial charge in [-0.3, -0.25) is 9.59 Å². The Morgan fingerprint density at radius 2 is 2.42 bits per heavy atom. The van der Waals surface area contributed by atoms with Gasteiger partial charge in [0, 0.05) is 19.2 Å². The van der Waals surface area contributed by atoms with Crippen molar-refractivity contribution in [2.75, 3.05) is 19.6 Å². The first-order chi connectivity index (χ1) is 9.24. The van der Waals surface area contributed by atoms with Crippen molar-refractivity contribution in [2.45, 2.75) is 0 Å². The molecule has 98 valence electrons. The van der Waals surface area contributed by atoms with Crippen LogP contribution in [0.2, 0.25) is 0 Å². The molecule has 0 aliphatic carbocycles. The van der Waals surface area contributed by atoms with E-state index in [4.69, 9.17) is 4.52 Å². The Morgan fingerprint density at radius 3 is 3.16 bits per heavy atom. The number of nitrogens with zero attached hydrogens (tertiary/aromatic N) is 2. The monoisotopic (exact) mass is 277 g/mol. The first kappa shape index (κ1) is 11.9. The van der Waals surface area contributed by atoms with Crippen LogP contribution in [-0.2, 0) is 4.79 Å². The molecule has 2 aromatic rings. The molecule has 6 nitrogen and oxygen atoms in total. The minimum Gasteiger partial charge on any atom is -0.355 e. The van der Waals surface area contributed by atoms with Crippen molar-refractivity contribution in [3.8, 4) is 10.6 Å². The van der Waals surface area contributed by atoms with Gasteiger partial charge < -0.3 is 14.7 Å². The quantitative estimate of drug-likeness (QED) is 0.887. The Balaban J connectivity index is 1.79. The molecule has 2 aromatic heterocycles. The van der Waals surface area contributed by atoms with Crippen LogP contribution in [0.4, 0.5) is 0 Å². The van der Waals surface area contributed by atoms with Crippen molar-refractivity contribution in [3.05, 3.63) is 29.3 Å². The van der Waals surface area contributed by atoms with E-state index in [-0.39, 0.29) is 24.1 Å². The summed E-state index contributed by atoms with van der Waals surface area (Å²) in [5.74, 6) is 0.141. The van der Waals surface area contributed by atoms with Gasteiger partial charge in [0.15, 0.2) is 11.5 Å². The van der Waals surface area contributed by atoms with Gasteiger partial charge in [-0.15, -0.1) is 11.3 Å². The molecule has 0 aromatic carbocycles. The van der Waals surface area contributed by atoms with Crippen molar-refractivity contribution >= 4 is 23.2 Å². The number of thiophene rings is 1. The van der Waals surface area contributed by atoms with Crippen molar-refractivity contribution < 1.29 is 14.1 Å². The average molecular weight is 277 g/mol. The summed E-state index contributed by atoms with van der Waals surface area (Å²) >= 11 is 1.51. The van der Waals surface area contributed by atoms with Crippen molar-refractivity contribution in [2.24, 2.45) is 0 Å². The molecule has 0 saturated carbocycles. The second-order valence-corrected chi connectivity index (χ2v) is 5.08. The summed E-state index contributed by atoms with van der Waals surface area (Å²) < 4.78 is 5.16. The third kappa shape index (κ3) is 2.37. The summed E-state index contributed by atoms with van der Waals surface area (Å²) in [6.45, 7) is 1.03. The fourth-order valence-electron chi connectivity index (χ4n) is 1.88. The van der Waals surface area contributed by atoms with Gasteiger partial charge in [0.1, 0.15) is 0 Å². The normalized spacial score (nSPS) is 15.4. The maximum atomic E-state index is 12.2. The van der Waals surface area contributed by atoms with E-state index in [1.807, 2.05) is 17.5 Å². The zero-order chi connectivity index (χ0) is 13.2. The lowest BCUT2D eigenvalue weighted by atomic mass is 10.2. The third-order valence-corrected chi connectivity index (χ3v) is 3.70. The van der Waals surface area contributed by atoms with Crippen LogP contribution in [0.15, 0.2) is 28.1 Å². The van der Waals surface area contributed by atoms with Crippen molar-refractivity contribution in [3.63, 3.8) is 0 Å². The summed E-state index contributed by atoms with van der Waals surface area (Å²) in [6, 6.07) is 5.41. The van der Waals surface area contributed by atoms with Crippen molar-refractivity contribution in [1.29, 1.82) is 0 Å². The standard InChI is InChI=1S/C12H11N3O3S/c16-11-7-15(4-3-13-11)12(17)8-6-9(18-14-8)10-2-1-5-19-10/h1-2,5-6H,3-4,7H2,(H,13,16). The molecule has 1 aliphatic rings. The Hall–Kier alpha value is -2.15. The minimum absolute atomic E-state index is 0.0695. The molecule has 0 bridgehead atoms. The fraction of sp³-hybridized carbons (Fsp3) is 0.250. The van der Waals surface area contributed by atoms with Gasteiger partial charge in [0.2, 0.25) is 5.91 Å². The van der Waals surface area contributed by atoms with Crippen molar-refractivity contribution in [1.82, 2.24) is 15.4 Å². The molecule has 0 unspecified atom stereocenters. The lowest BCUT2D eigenvalue weighted by molar-refractivity contribution is -0.123. The lowest BCUT2D eigenvalue weighted by Crippen LogP contribution is -2.50. The van der Waals surface area contributed by atoms with Gasteiger partial charge in [-0.05, 0) is 11.4 Å². The van der Waals surface area contributed by atoms with E-state index in [1.54, 1.807) is 6.07 Å². The molecule has 1 fully saturated rings. The van der Waals surface area contributed by atoms with E-state index in [1.165, 1.54) is 16.2 Å². The van der Waals surface area contributed by atoms with Gasteiger partial charge in [-0.25, -0.2) is 0 Å². The molecular weight excluding hydrogens is 266 g/mol. The Morgan fingerprint density at radius 1 is 1.53 bits per heavy atom. The number of carbonyl (C=O) groups is 2. The molecule has 2 amide bonds. The maximum Gasteiger partial charge on any atom is 0.276 e. The Bertz CT molecular complexity index is 606. The molecule has 1 N–H and O–H groups in total. The highest BCUT2D eigenvalue weighted by Gasteiger charge is 2.25. The van der Waals surface area contributed by atoms with Crippen LogP contribution in [0.1, 0.15) is 10.5 Å². The number of amides is 2. The Labute approximate surface area is 113 Å². The van der Waals surface area contributed by atoms with Crippen LogP contribution in [0.3, 0.4) is 0 Å². The fourth-order valence-corrected chi connectivity index (χ4v) is 2.56. The first-order valence-electron chi connectivity index (χ1n) is 5.80. The third-order valence-electron chi connectivity index (χ3n) is 2.82. The topological polar surface area (TPSA) is 75.4 Å². The molecule has 1 saturated heterocycles. The van der Waals surface area contributed by atoms with Gasteiger partial charge in [0.05, 0.1) is 11.4 Å². The predicted octanol–water partition coefficient (Wildman–Crippen LogP) is 0.975. The second kappa shape index (κ2) is 4.85. The van der Waals surface area contributed by atoms with Crippen LogP contribution < -0.4 is 5.32 Å². The highest BCUT2D eigenvalue weighted by Crippen LogP contribution is 2.25. The maximum absolute atomic E-state index is 12.2. The summed E-state index contributed by atoms with van der Waals surface area (Å²) in [5, 5.41) is 8.38. The van der Waals surface area contributed by atoms with Gasteiger partial charge >= 0.3 is 0 Å². The largest absolute Gasteiger partial charge is 0.355 e. The summed E-state index contributed by atoms with van der Waals surface area (Å²) in [4.78, 5) is 25.8. The van der Waals surface area contributed by atoms with Crippen LogP contribution in [0.25, 0.3) is 10.6 Å². The van der Waals surface area contributed by atoms with Gasteiger partial charge in [-0.2, -0.15) is 0 Å². The second-order valence-electron chi connectivity index (χ2n) is 4.13. The van der Waals surface area contributed by atoms with Gasteiger partial charge in [0.25, 0.3) is 5.91 Å². The number of rotatable bonds is 2. The van der Waals surface area contributed by atoms with E-state index < -0.39 is 0 Å². The minimum atomic E-state index is -0.276. The van der Waals surface area contributed by atoms with E-state index in [2.05, 4.69) is 10.5 Å². The van der Waals surface area contributed by atoms with Crippen LogP contribution in [0.5, 0.6) is 0 Å². The molecular formula is C12H11N3O3S. The highest BCUT2D eigenvalue weighted by molar-refractivity contribution is 7.13. The predicted molar refractivity (Wildman–Crippen MR) is 68.7 cm³/mol. The lowest BCUT2D eigenvalue weighted by Gasteiger charge is -2.25. The summed E-state index contributed by atoms with van der Waals surface area (Å²) in [7, 11) is 0. The molecule has 19 heavy (non-hydrogen) atoms. The summed E-state index contributed by atoms with van der Waals surface area (Å²) in [5.41, 5.74) is 0.234. The zero-order valence-electron chi connectivity index (χ0n) is 9.96. The molecule has 0 radical (unpaired) electrons. The number of piperazine rings is 1. The van der Waals surface area contributed by atoms with Crippen LogP contribution >= 0.6 is 11.3 Å². The highest BCUT2D eigenvalue weighted by atomic mass is 32.1. The SMILES string of the molecule is O=C1CN(C(=O)c2cc(-c3cccs3)on2)CCN1. The number of hydrogen-bond acceptors (Lipinski definition) is 5. The van der Waals surface area contributed by atoms with E-state index >= 15 is 0 Å². The molecule has 3 heterocycles. The van der Waals surface area contributed by atoms with E-state index in [9.17, 15) is 9.59 Å². The zero-order valence-corrected chi connectivity index (χ0v) is 10.8. The first-order valence-corrected chi connectivity index (χ1v) is 6.68. The number of nitrogens with one attached hydrogen (secondary N) is 1. The number of aromatic nitrogens is 1. The molecule has 1 aliphatic heterocycles. The van der Waals surface area contributed by atoms with E-state index in [0.29, 0.717) is 18.8 Å². The smallest absolute Gasteiger partial charge is 0.276 e. The molecule has 7 heteroatoms. The van der Waals surface area contributed by atoms with Crippen LogP contribution in [-0.4, -0.2) is 41.5 Å². The van der Waals surface area contributed by atoms with Crippen LogP contribution in [0, 0.1) is 0 Å². The average Bonchev–Trinajstić information content (AvgIpc) is 3.08. The molecule has 3 rings (SSSR count). The molecule has 0 spiro atoms. The number of hydrogen-bond donors (Lipinski definition) is 1. The molecule has 0 atom stereocenters.